The van der Waals surface area contributed by atoms with E-state index in [9.17, 15) is 0 Å². The van der Waals surface area contributed by atoms with Crippen molar-refractivity contribution in [3.63, 3.8) is 0 Å². The molecular weight excluding hydrogens is 218 g/mol. The SMILES string of the molecule is CCNCC1CCC1Cc1ccccc1Cl. The molecule has 1 fully saturated rings. The molecule has 0 aliphatic heterocycles. The molecule has 2 rings (SSSR count). The quantitative estimate of drug-likeness (QED) is 0.827. The van der Waals surface area contributed by atoms with Crippen LogP contribution in [0.3, 0.4) is 0 Å². The van der Waals surface area contributed by atoms with Crippen molar-refractivity contribution in [2.75, 3.05) is 13.1 Å². The van der Waals surface area contributed by atoms with Crippen molar-refractivity contribution in [3.8, 4) is 0 Å². The first-order chi connectivity index (χ1) is 7.81. The van der Waals surface area contributed by atoms with Crippen LogP contribution in [0.1, 0.15) is 25.3 Å². The summed E-state index contributed by atoms with van der Waals surface area (Å²) < 4.78 is 0. The van der Waals surface area contributed by atoms with Gasteiger partial charge in [0, 0.05) is 5.02 Å². The third-order valence-corrected chi connectivity index (χ3v) is 4.04. The van der Waals surface area contributed by atoms with Crippen LogP contribution in [0.15, 0.2) is 24.3 Å². The van der Waals surface area contributed by atoms with Gasteiger partial charge in [-0.2, -0.15) is 0 Å². The summed E-state index contributed by atoms with van der Waals surface area (Å²) >= 11 is 6.19. The van der Waals surface area contributed by atoms with Crippen LogP contribution in [0.5, 0.6) is 0 Å². The molecule has 1 N–H and O–H groups in total. The molecule has 1 aliphatic carbocycles. The van der Waals surface area contributed by atoms with Gasteiger partial charge >= 0.3 is 0 Å². The van der Waals surface area contributed by atoms with Gasteiger partial charge in [-0.05, 0) is 55.8 Å². The van der Waals surface area contributed by atoms with Gasteiger partial charge in [-0.1, -0.05) is 36.7 Å². The first kappa shape index (κ1) is 11.9. The molecule has 1 aliphatic rings. The highest BCUT2D eigenvalue weighted by molar-refractivity contribution is 6.31. The van der Waals surface area contributed by atoms with Gasteiger partial charge in [-0.25, -0.2) is 0 Å². The van der Waals surface area contributed by atoms with Gasteiger partial charge in [0.25, 0.3) is 0 Å². The lowest BCUT2D eigenvalue weighted by molar-refractivity contribution is 0.172. The monoisotopic (exact) mass is 237 g/mol. The molecule has 88 valence electrons. The number of halogens is 1. The van der Waals surface area contributed by atoms with Crippen LogP contribution in [0.25, 0.3) is 0 Å². The minimum atomic E-state index is 0.832. The Bertz CT molecular complexity index is 337. The Morgan fingerprint density at radius 2 is 2.00 bits per heavy atom. The third kappa shape index (κ3) is 2.78. The van der Waals surface area contributed by atoms with Crippen molar-refractivity contribution >= 4 is 11.6 Å². The number of nitrogens with one attached hydrogen (secondary N) is 1. The van der Waals surface area contributed by atoms with E-state index in [1.807, 2.05) is 12.1 Å². The third-order valence-electron chi connectivity index (χ3n) is 3.67. The van der Waals surface area contributed by atoms with E-state index in [4.69, 9.17) is 11.6 Å². The number of benzene rings is 1. The summed E-state index contributed by atoms with van der Waals surface area (Å²) in [5.74, 6) is 1.69. The molecule has 1 aromatic rings. The van der Waals surface area contributed by atoms with Gasteiger partial charge in [0.1, 0.15) is 0 Å². The van der Waals surface area contributed by atoms with Crippen LogP contribution in [0.4, 0.5) is 0 Å². The Balaban J connectivity index is 1.88. The molecule has 0 bridgehead atoms. The fourth-order valence-electron chi connectivity index (χ4n) is 2.45. The van der Waals surface area contributed by atoms with E-state index in [2.05, 4.69) is 24.4 Å². The molecule has 1 nitrogen and oxygen atoms in total. The van der Waals surface area contributed by atoms with E-state index >= 15 is 0 Å². The Morgan fingerprint density at radius 3 is 2.62 bits per heavy atom. The normalized spacial score (nSPS) is 24.1. The van der Waals surface area contributed by atoms with E-state index < -0.39 is 0 Å². The summed E-state index contributed by atoms with van der Waals surface area (Å²) in [6.45, 7) is 4.42. The number of rotatable bonds is 5. The second-order valence-electron chi connectivity index (χ2n) is 4.70. The van der Waals surface area contributed by atoms with Crippen LogP contribution >= 0.6 is 11.6 Å². The molecule has 0 amide bonds. The van der Waals surface area contributed by atoms with E-state index in [-0.39, 0.29) is 0 Å². The smallest absolute Gasteiger partial charge is 0.0438 e. The lowest BCUT2D eigenvalue weighted by Crippen LogP contribution is -2.36. The van der Waals surface area contributed by atoms with Crippen molar-refractivity contribution in [1.29, 1.82) is 0 Å². The molecule has 0 aromatic heterocycles. The summed E-state index contributed by atoms with van der Waals surface area (Å²) in [5.41, 5.74) is 1.32. The fourth-order valence-corrected chi connectivity index (χ4v) is 2.66. The molecule has 0 saturated heterocycles. The van der Waals surface area contributed by atoms with Crippen molar-refractivity contribution < 1.29 is 0 Å². The molecule has 16 heavy (non-hydrogen) atoms. The summed E-state index contributed by atoms with van der Waals surface area (Å²) in [5, 5.41) is 4.37. The minimum absolute atomic E-state index is 0.832. The zero-order valence-corrected chi connectivity index (χ0v) is 10.6. The predicted molar refractivity (Wildman–Crippen MR) is 69.9 cm³/mol. The van der Waals surface area contributed by atoms with Gasteiger partial charge in [0.05, 0.1) is 0 Å². The lowest BCUT2D eigenvalue weighted by atomic mass is 9.70. The molecule has 1 saturated carbocycles. The van der Waals surface area contributed by atoms with Gasteiger partial charge in [-0.3, -0.25) is 0 Å². The summed E-state index contributed by atoms with van der Waals surface area (Å²) in [4.78, 5) is 0. The molecule has 1 aromatic carbocycles. The standard InChI is InChI=1S/C14H20ClN/c1-2-16-10-13-8-7-11(13)9-12-5-3-4-6-14(12)15/h3-6,11,13,16H,2,7-10H2,1H3. The second-order valence-corrected chi connectivity index (χ2v) is 5.11. The molecule has 2 unspecified atom stereocenters. The zero-order chi connectivity index (χ0) is 11.4. The summed E-state index contributed by atoms with van der Waals surface area (Å²) in [7, 11) is 0. The zero-order valence-electron chi connectivity index (χ0n) is 9.88. The topological polar surface area (TPSA) is 12.0 Å². The summed E-state index contributed by atoms with van der Waals surface area (Å²) in [6, 6.07) is 8.24. The van der Waals surface area contributed by atoms with Gasteiger partial charge in [0.2, 0.25) is 0 Å². The Kier molecular flexibility index (Phi) is 4.25. The van der Waals surface area contributed by atoms with Crippen LogP contribution in [0.2, 0.25) is 5.02 Å². The Labute approximate surface area is 103 Å². The maximum atomic E-state index is 6.19. The van der Waals surface area contributed by atoms with Crippen molar-refractivity contribution in [3.05, 3.63) is 34.9 Å². The highest BCUT2D eigenvalue weighted by Crippen LogP contribution is 2.37. The van der Waals surface area contributed by atoms with Gasteiger partial charge in [-0.15, -0.1) is 0 Å². The second kappa shape index (κ2) is 5.70. The average molecular weight is 238 g/mol. The minimum Gasteiger partial charge on any atom is -0.317 e. The van der Waals surface area contributed by atoms with Crippen LogP contribution < -0.4 is 5.32 Å². The van der Waals surface area contributed by atoms with E-state index in [1.165, 1.54) is 24.9 Å². The molecule has 2 atom stereocenters. The maximum absolute atomic E-state index is 6.19. The van der Waals surface area contributed by atoms with Crippen molar-refractivity contribution in [2.45, 2.75) is 26.2 Å². The van der Waals surface area contributed by atoms with E-state index in [1.54, 1.807) is 0 Å². The van der Waals surface area contributed by atoms with Crippen LogP contribution in [-0.2, 0) is 6.42 Å². The molecular formula is C14H20ClN. The Morgan fingerprint density at radius 1 is 1.25 bits per heavy atom. The highest BCUT2D eigenvalue weighted by Gasteiger charge is 2.30. The molecule has 0 spiro atoms. The number of hydrogen-bond acceptors (Lipinski definition) is 1. The maximum Gasteiger partial charge on any atom is 0.0438 e. The first-order valence-corrected chi connectivity index (χ1v) is 6.63. The van der Waals surface area contributed by atoms with Crippen molar-refractivity contribution in [2.24, 2.45) is 11.8 Å². The van der Waals surface area contributed by atoms with E-state index in [0.717, 1.165) is 29.8 Å². The lowest BCUT2D eigenvalue weighted by Gasteiger charge is -2.37. The number of hydrogen-bond donors (Lipinski definition) is 1. The largest absolute Gasteiger partial charge is 0.317 e. The van der Waals surface area contributed by atoms with Gasteiger partial charge in [0.15, 0.2) is 0 Å². The van der Waals surface area contributed by atoms with Gasteiger partial charge < -0.3 is 5.32 Å². The van der Waals surface area contributed by atoms with Crippen LogP contribution in [-0.4, -0.2) is 13.1 Å². The first-order valence-electron chi connectivity index (χ1n) is 6.25. The predicted octanol–water partition coefficient (Wildman–Crippen LogP) is 3.52. The molecule has 0 heterocycles. The van der Waals surface area contributed by atoms with E-state index in [0.29, 0.717) is 0 Å². The summed E-state index contributed by atoms with van der Waals surface area (Å²) in [6.07, 6.45) is 3.89. The molecule has 2 heteroatoms. The Hall–Kier alpha value is -0.530. The fraction of sp³-hybridized carbons (Fsp3) is 0.571. The molecule has 0 radical (unpaired) electrons. The van der Waals surface area contributed by atoms with Crippen molar-refractivity contribution in [1.82, 2.24) is 5.32 Å². The average Bonchev–Trinajstić information content (AvgIpc) is 2.27. The van der Waals surface area contributed by atoms with Crippen LogP contribution in [0, 0.1) is 11.8 Å². The highest BCUT2D eigenvalue weighted by atomic mass is 35.5.